The number of hydroxylamine groups is 1. The van der Waals surface area contributed by atoms with E-state index in [4.69, 9.17) is 0 Å². The van der Waals surface area contributed by atoms with Crippen molar-refractivity contribution in [3.8, 4) is 0 Å². The highest BCUT2D eigenvalue weighted by Gasteiger charge is 2.11. The van der Waals surface area contributed by atoms with Gasteiger partial charge in [0.15, 0.2) is 0 Å². The maximum absolute atomic E-state index is 11.1. The SMILES string of the molecule is CC(=O)Nc1ccc(Sc2ccccc2CN(O)c2cc(Br)cc(Br)c2)cc1. The predicted octanol–water partition coefficient (Wildman–Crippen LogP) is 6.72. The van der Waals surface area contributed by atoms with E-state index in [2.05, 4.69) is 37.2 Å². The fourth-order valence-electron chi connectivity index (χ4n) is 2.61. The number of nitrogens with one attached hydrogen (secondary N) is 1. The van der Waals surface area contributed by atoms with Crippen molar-refractivity contribution in [1.82, 2.24) is 0 Å². The van der Waals surface area contributed by atoms with E-state index in [1.165, 1.54) is 12.0 Å². The zero-order valence-corrected chi connectivity index (χ0v) is 19.0. The molecule has 0 aliphatic carbocycles. The van der Waals surface area contributed by atoms with Crippen LogP contribution in [0.25, 0.3) is 0 Å². The van der Waals surface area contributed by atoms with Gasteiger partial charge in [0.25, 0.3) is 0 Å². The summed E-state index contributed by atoms with van der Waals surface area (Å²) in [5, 5.41) is 14.6. The molecule has 144 valence electrons. The lowest BCUT2D eigenvalue weighted by atomic mass is 10.2. The van der Waals surface area contributed by atoms with Gasteiger partial charge in [-0.15, -0.1) is 0 Å². The van der Waals surface area contributed by atoms with Crippen molar-refractivity contribution in [3.63, 3.8) is 0 Å². The normalized spacial score (nSPS) is 10.6. The summed E-state index contributed by atoms with van der Waals surface area (Å²) >= 11 is 8.51. The Hall–Kier alpha value is -1.80. The number of halogens is 2. The van der Waals surface area contributed by atoms with Gasteiger partial charge in [0.1, 0.15) is 0 Å². The molecule has 3 rings (SSSR count). The van der Waals surface area contributed by atoms with Crippen LogP contribution in [0.3, 0.4) is 0 Å². The standard InChI is InChI=1S/C21H18Br2N2O2S/c1-14(26)24-18-6-8-20(9-7-18)28-21-5-3-2-4-15(21)13-25(27)19-11-16(22)10-17(23)12-19/h2-12,27H,13H2,1H3,(H,24,26). The first-order chi connectivity index (χ1) is 13.4. The average Bonchev–Trinajstić information content (AvgIpc) is 2.63. The summed E-state index contributed by atoms with van der Waals surface area (Å²) in [7, 11) is 0. The second kappa shape index (κ2) is 9.60. The van der Waals surface area contributed by atoms with Gasteiger partial charge in [0, 0.05) is 31.3 Å². The fourth-order valence-corrected chi connectivity index (χ4v) is 4.82. The Balaban J connectivity index is 1.76. The van der Waals surface area contributed by atoms with Gasteiger partial charge in [0.2, 0.25) is 5.91 Å². The van der Waals surface area contributed by atoms with Crippen LogP contribution in [0.1, 0.15) is 12.5 Å². The summed E-state index contributed by atoms with van der Waals surface area (Å²) in [4.78, 5) is 13.3. The highest BCUT2D eigenvalue weighted by Crippen LogP contribution is 2.33. The van der Waals surface area contributed by atoms with Crippen LogP contribution in [0, 0.1) is 0 Å². The molecule has 3 aromatic carbocycles. The minimum atomic E-state index is -0.0898. The molecule has 0 radical (unpaired) electrons. The Labute approximate surface area is 185 Å². The third kappa shape index (κ3) is 5.85. The maximum atomic E-state index is 11.1. The molecule has 0 aliphatic heterocycles. The molecule has 0 saturated heterocycles. The van der Waals surface area contributed by atoms with Crippen LogP contribution in [0.15, 0.2) is 85.5 Å². The van der Waals surface area contributed by atoms with E-state index in [0.29, 0.717) is 12.2 Å². The zero-order valence-electron chi connectivity index (χ0n) is 15.0. The molecular weight excluding hydrogens is 504 g/mol. The van der Waals surface area contributed by atoms with Crippen LogP contribution < -0.4 is 10.4 Å². The lowest BCUT2D eigenvalue weighted by molar-refractivity contribution is -0.114. The van der Waals surface area contributed by atoms with E-state index < -0.39 is 0 Å². The lowest BCUT2D eigenvalue weighted by Gasteiger charge is -2.19. The molecule has 0 fully saturated rings. The van der Waals surface area contributed by atoms with Gasteiger partial charge in [-0.2, -0.15) is 0 Å². The van der Waals surface area contributed by atoms with Crippen molar-refractivity contribution in [3.05, 3.63) is 81.2 Å². The first kappa shape index (κ1) is 20.9. The second-order valence-corrected chi connectivity index (χ2v) is 9.05. The van der Waals surface area contributed by atoms with E-state index in [0.717, 1.165) is 30.0 Å². The number of benzene rings is 3. The van der Waals surface area contributed by atoms with Crippen LogP contribution >= 0.6 is 43.6 Å². The van der Waals surface area contributed by atoms with E-state index >= 15 is 0 Å². The van der Waals surface area contributed by atoms with E-state index in [9.17, 15) is 10.0 Å². The molecule has 0 bridgehead atoms. The van der Waals surface area contributed by atoms with Gasteiger partial charge in [-0.1, -0.05) is 61.8 Å². The molecule has 4 nitrogen and oxygen atoms in total. The molecule has 0 spiro atoms. The van der Waals surface area contributed by atoms with Gasteiger partial charge in [-0.25, -0.2) is 0 Å². The first-order valence-electron chi connectivity index (χ1n) is 8.46. The van der Waals surface area contributed by atoms with Crippen LogP contribution in [0.5, 0.6) is 0 Å². The zero-order chi connectivity index (χ0) is 20.1. The molecule has 1 amide bonds. The molecule has 0 saturated carbocycles. The minimum absolute atomic E-state index is 0.0898. The third-order valence-electron chi connectivity index (χ3n) is 3.84. The van der Waals surface area contributed by atoms with Crippen molar-refractivity contribution >= 4 is 60.9 Å². The number of nitrogens with zero attached hydrogens (tertiary/aromatic N) is 1. The van der Waals surface area contributed by atoms with Crippen LogP contribution in [-0.2, 0) is 11.3 Å². The Morgan fingerprint density at radius 2 is 1.68 bits per heavy atom. The van der Waals surface area contributed by atoms with E-state index in [1.807, 2.05) is 66.7 Å². The Morgan fingerprint density at radius 1 is 1.04 bits per heavy atom. The van der Waals surface area contributed by atoms with Crippen molar-refractivity contribution in [1.29, 1.82) is 0 Å². The molecule has 0 aliphatic rings. The average molecular weight is 522 g/mol. The van der Waals surface area contributed by atoms with Gasteiger partial charge in [-0.3, -0.25) is 15.1 Å². The molecule has 2 N–H and O–H groups in total. The van der Waals surface area contributed by atoms with Crippen molar-refractivity contribution < 1.29 is 10.0 Å². The third-order valence-corrected chi connectivity index (χ3v) is 5.88. The topological polar surface area (TPSA) is 52.6 Å². The van der Waals surface area contributed by atoms with Gasteiger partial charge < -0.3 is 5.32 Å². The smallest absolute Gasteiger partial charge is 0.221 e. The maximum Gasteiger partial charge on any atom is 0.221 e. The van der Waals surface area contributed by atoms with Gasteiger partial charge in [-0.05, 0) is 54.1 Å². The molecule has 28 heavy (non-hydrogen) atoms. The van der Waals surface area contributed by atoms with Crippen LogP contribution in [-0.4, -0.2) is 11.1 Å². The van der Waals surface area contributed by atoms with Gasteiger partial charge in [0.05, 0.1) is 12.2 Å². The highest BCUT2D eigenvalue weighted by atomic mass is 79.9. The summed E-state index contributed by atoms with van der Waals surface area (Å²) in [5.74, 6) is -0.0898. The molecule has 0 unspecified atom stereocenters. The summed E-state index contributed by atoms with van der Waals surface area (Å²) in [6.45, 7) is 1.85. The monoisotopic (exact) mass is 520 g/mol. The second-order valence-electron chi connectivity index (χ2n) is 6.10. The predicted molar refractivity (Wildman–Crippen MR) is 121 cm³/mol. The summed E-state index contributed by atoms with van der Waals surface area (Å²) < 4.78 is 1.77. The quantitative estimate of drug-likeness (QED) is 0.353. The Kier molecular flexibility index (Phi) is 7.18. The summed E-state index contributed by atoms with van der Waals surface area (Å²) in [6, 6.07) is 21.3. The molecule has 0 aromatic heterocycles. The number of hydrogen-bond donors (Lipinski definition) is 2. The largest absolute Gasteiger partial charge is 0.326 e. The van der Waals surface area contributed by atoms with E-state index in [-0.39, 0.29) is 5.91 Å². The van der Waals surface area contributed by atoms with Crippen molar-refractivity contribution in [2.24, 2.45) is 0 Å². The highest BCUT2D eigenvalue weighted by molar-refractivity contribution is 9.11. The lowest BCUT2D eigenvalue weighted by Crippen LogP contribution is -2.17. The molecule has 7 heteroatoms. The number of anilines is 2. The summed E-state index contributed by atoms with van der Waals surface area (Å²) in [6.07, 6.45) is 0. The minimum Gasteiger partial charge on any atom is -0.326 e. The fraction of sp³-hybridized carbons (Fsp3) is 0.0952. The molecule has 0 atom stereocenters. The van der Waals surface area contributed by atoms with Crippen molar-refractivity contribution in [2.45, 2.75) is 23.3 Å². The Morgan fingerprint density at radius 3 is 2.32 bits per heavy atom. The van der Waals surface area contributed by atoms with Crippen molar-refractivity contribution in [2.75, 3.05) is 10.4 Å². The van der Waals surface area contributed by atoms with Gasteiger partial charge >= 0.3 is 0 Å². The number of carbonyl (C=O) groups excluding carboxylic acids is 1. The van der Waals surface area contributed by atoms with E-state index in [1.54, 1.807) is 11.8 Å². The molecular formula is C21H18Br2N2O2S. The molecule has 3 aromatic rings. The van der Waals surface area contributed by atoms with Crippen LogP contribution in [0.4, 0.5) is 11.4 Å². The number of rotatable bonds is 6. The number of carbonyl (C=O) groups is 1. The first-order valence-corrected chi connectivity index (χ1v) is 10.9. The Bertz CT molecular complexity index is 960. The molecule has 0 heterocycles. The number of hydrogen-bond acceptors (Lipinski definition) is 4. The summed E-state index contributed by atoms with van der Waals surface area (Å²) in [5.41, 5.74) is 2.48. The number of amides is 1. The van der Waals surface area contributed by atoms with Crippen LogP contribution in [0.2, 0.25) is 0 Å².